The van der Waals surface area contributed by atoms with Gasteiger partial charge in [0.05, 0.1) is 17.4 Å². The number of pyridine rings is 1. The van der Waals surface area contributed by atoms with Gasteiger partial charge in [-0.1, -0.05) is 6.07 Å². The minimum absolute atomic E-state index is 0.183. The SMILES string of the molecule is C[C@H](Oc1cc(-c2ccc(F)c([C@@H](C)O)n2)ccc1C(N)=O)C(F)(F)F. The second kappa shape index (κ2) is 7.28. The Bertz CT molecular complexity index is 822. The van der Waals surface area contributed by atoms with Crippen LogP contribution < -0.4 is 10.5 Å². The van der Waals surface area contributed by atoms with E-state index in [0.29, 0.717) is 0 Å². The van der Waals surface area contributed by atoms with Crippen LogP contribution in [0.15, 0.2) is 30.3 Å². The van der Waals surface area contributed by atoms with Crippen molar-refractivity contribution in [3.05, 3.63) is 47.4 Å². The van der Waals surface area contributed by atoms with Crippen LogP contribution in [-0.4, -0.2) is 28.3 Å². The Morgan fingerprint density at radius 3 is 2.42 bits per heavy atom. The summed E-state index contributed by atoms with van der Waals surface area (Å²) in [5, 5.41) is 9.54. The molecule has 9 heteroatoms. The molecule has 2 rings (SSSR count). The van der Waals surface area contributed by atoms with Crippen LogP contribution in [0.3, 0.4) is 0 Å². The zero-order chi connectivity index (χ0) is 19.6. The number of benzene rings is 1. The minimum Gasteiger partial charge on any atom is -0.480 e. The molecular formula is C17H16F4N2O3. The predicted octanol–water partition coefficient (Wildman–Crippen LogP) is 3.37. The lowest BCUT2D eigenvalue weighted by Gasteiger charge is -2.19. The fourth-order valence-electron chi connectivity index (χ4n) is 2.15. The molecule has 0 radical (unpaired) electrons. The van der Waals surface area contributed by atoms with Crippen molar-refractivity contribution in [2.75, 3.05) is 0 Å². The number of carbonyl (C=O) groups excluding carboxylic acids is 1. The smallest absolute Gasteiger partial charge is 0.425 e. The molecule has 26 heavy (non-hydrogen) atoms. The predicted molar refractivity (Wildman–Crippen MR) is 84.9 cm³/mol. The third-order valence-corrected chi connectivity index (χ3v) is 3.58. The van der Waals surface area contributed by atoms with E-state index in [-0.39, 0.29) is 28.3 Å². The van der Waals surface area contributed by atoms with E-state index in [2.05, 4.69) is 4.98 Å². The first-order valence-electron chi connectivity index (χ1n) is 7.52. The number of nitrogens with two attached hydrogens (primary N) is 1. The number of hydrogen-bond donors (Lipinski definition) is 2. The van der Waals surface area contributed by atoms with Gasteiger partial charge >= 0.3 is 6.18 Å². The molecule has 0 aliphatic carbocycles. The van der Waals surface area contributed by atoms with Gasteiger partial charge in [0.1, 0.15) is 17.3 Å². The third kappa shape index (κ3) is 4.29. The first-order chi connectivity index (χ1) is 12.0. The van der Waals surface area contributed by atoms with Crippen LogP contribution in [0.25, 0.3) is 11.3 Å². The van der Waals surface area contributed by atoms with Gasteiger partial charge in [0.15, 0.2) is 6.10 Å². The average molecular weight is 372 g/mol. The van der Waals surface area contributed by atoms with Gasteiger partial charge in [-0.05, 0) is 38.1 Å². The lowest BCUT2D eigenvalue weighted by molar-refractivity contribution is -0.189. The summed E-state index contributed by atoms with van der Waals surface area (Å²) < 4.78 is 56.8. The number of rotatable bonds is 5. The summed E-state index contributed by atoms with van der Waals surface area (Å²) in [7, 11) is 0. The molecule has 0 bridgehead atoms. The van der Waals surface area contributed by atoms with Gasteiger partial charge in [0.25, 0.3) is 5.91 Å². The molecule has 1 amide bonds. The van der Waals surface area contributed by atoms with Crippen molar-refractivity contribution in [1.29, 1.82) is 0 Å². The van der Waals surface area contributed by atoms with E-state index in [1.54, 1.807) is 0 Å². The maximum atomic E-state index is 13.7. The number of halogens is 4. The Morgan fingerprint density at radius 2 is 1.88 bits per heavy atom. The molecule has 5 nitrogen and oxygen atoms in total. The minimum atomic E-state index is -4.64. The van der Waals surface area contributed by atoms with Crippen LogP contribution >= 0.6 is 0 Å². The van der Waals surface area contributed by atoms with E-state index >= 15 is 0 Å². The topological polar surface area (TPSA) is 85.4 Å². The molecular weight excluding hydrogens is 356 g/mol. The normalized spacial score (nSPS) is 14.0. The molecule has 0 aliphatic rings. The van der Waals surface area contributed by atoms with Crippen molar-refractivity contribution in [3.8, 4) is 17.0 Å². The highest BCUT2D eigenvalue weighted by molar-refractivity contribution is 5.96. The fraction of sp³-hybridized carbons (Fsp3) is 0.294. The molecule has 3 N–H and O–H groups in total. The standard InChI is InChI=1S/C17H16F4N2O3/c1-8(24)15-12(18)5-6-13(23-15)10-3-4-11(16(22)25)14(7-10)26-9(2)17(19,20)21/h3-9,24H,1-2H3,(H2,22,25)/t8-,9+/m1/s1. The third-order valence-electron chi connectivity index (χ3n) is 3.58. The Balaban J connectivity index is 2.50. The van der Waals surface area contributed by atoms with E-state index in [1.807, 2.05) is 0 Å². The van der Waals surface area contributed by atoms with E-state index in [1.165, 1.54) is 25.1 Å². The maximum Gasteiger partial charge on any atom is 0.425 e. The molecule has 0 saturated carbocycles. The average Bonchev–Trinajstić information content (AvgIpc) is 2.53. The molecule has 2 aromatic rings. The van der Waals surface area contributed by atoms with Crippen LogP contribution in [0.2, 0.25) is 0 Å². The number of hydrogen-bond acceptors (Lipinski definition) is 4. The summed E-state index contributed by atoms with van der Waals surface area (Å²) >= 11 is 0. The summed E-state index contributed by atoms with van der Waals surface area (Å²) in [5.41, 5.74) is 5.17. The Morgan fingerprint density at radius 1 is 1.23 bits per heavy atom. The summed E-state index contributed by atoms with van der Waals surface area (Å²) in [6, 6.07) is 6.11. The number of carbonyl (C=O) groups is 1. The monoisotopic (exact) mass is 372 g/mol. The van der Waals surface area contributed by atoms with Gasteiger partial charge < -0.3 is 15.6 Å². The maximum absolute atomic E-state index is 13.7. The van der Waals surface area contributed by atoms with Crippen LogP contribution in [0.1, 0.15) is 36.0 Å². The number of alkyl halides is 3. The van der Waals surface area contributed by atoms with Gasteiger partial charge in [-0.25, -0.2) is 9.37 Å². The number of nitrogens with zero attached hydrogens (tertiary/aromatic N) is 1. The van der Waals surface area contributed by atoms with Gasteiger partial charge in [-0.2, -0.15) is 13.2 Å². The van der Waals surface area contributed by atoms with E-state index in [9.17, 15) is 27.5 Å². The lowest BCUT2D eigenvalue weighted by Crippen LogP contribution is -2.32. The summed E-state index contributed by atoms with van der Waals surface area (Å²) in [4.78, 5) is 15.4. The van der Waals surface area contributed by atoms with Gasteiger partial charge in [-0.15, -0.1) is 0 Å². The van der Waals surface area contributed by atoms with Crippen molar-refractivity contribution in [3.63, 3.8) is 0 Å². The highest BCUT2D eigenvalue weighted by Crippen LogP contribution is 2.31. The van der Waals surface area contributed by atoms with Crippen LogP contribution in [0.5, 0.6) is 5.75 Å². The number of ether oxygens (including phenoxy) is 1. The summed E-state index contributed by atoms with van der Waals surface area (Å²) in [6.07, 6.45) is -8.00. The van der Waals surface area contributed by atoms with Gasteiger partial charge in [-0.3, -0.25) is 4.79 Å². The molecule has 1 heterocycles. The van der Waals surface area contributed by atoms with Gasteiger partial charge in [0.2, 0.25) is 0 Å². The first kappa shape index (κ1) is 19.6. The molecule has 0 spiro atoms. The zero-order valence-electron chi connectivity index (χ0n) is 13.8. The Hall–Kier alpha value is -2.68. The van der Waals surface area contributed by atoms with Crippen LogP contribution in [0.4, 0.5) is 17.6 Å². The largest absolute Gasteiger partial charge is 0.480 e. The lowest BCUT2D eigenvalue weighted by atomic mass is 10.1. The quantitative estimate of drug-likeness (QED) is 0.788. The van der Waals surface area contributed by atoms with Gasteiger partial charge in [0, 0.05) is 5.56 Å². The highest BCUT2D eigenvalue weighted by Gasteiger charge is 2.38. The molecule has 2 atom stereocenters. The van der Waals surface area contributed by atoms with Crippen molar-refractivity contribution >= 4 is 5.91 Å². The van der Waals surface area contributed by atoms with Crippen molar-refractivity contribution < 1.29 is 32.2 Å². The number of aliphatic hydroxyl groups is 1. The Labute approximate surface area is 146 Å². The molecule has 1 aromatic carbocycles. The summed E-state index contributed by atoms with van der Waals surface area (Å²) in [5.74, 6) is -2.05. The van der Waals surface area contributed by atoms with E-state index in [0.717, 1.165) is 19.1 Å². The number of primary amides is 1. The van der Waals surface area contributed by atoms with Crippen molar-refractivity contribution in [1.82, 2.24) is 4.98 Å². The number of aromatic nitrogens is 1. The van der Waals surface area contributed by atoms with Crippen LogP contribution in [0, 0.1) is 5.82 Å². The van der Waals surface area contributed by atoms with E-state index in [4.69, 9.17) is 10.5 Å². The van der Waals surface area contributed by atoms with Crippen molar-refractivity contribution in [2.45, 2.75) is 32.2 Å². The molecule has 0 saturated heterocycles. The Kier molecular flexibility index (Phi) is 5.50. The molecule has 1 aromatic heterocycles. The van der Waals surface area contributed by atoms with Crippen molar-refractivity contribution in [2.24, 2.45) is 5.73 Å². The highest BCUT2D eigenvalue weighted by atomic mass is 19.4. The van der Waals surface area contributed by atoms with Crippen LogP contribution in [-0.2, 0) is 0 Å². The molecule has 0 fully saturated rings. The molecule has 140 valence electrons. The molecule has 0 aliphatic heterocycles. The fourth-order valence-corrected chi connectivity index (χ4v) is 2.15. The zero-order valence-corrected chi connectivity index (χ0v) is 13.8. The second-order valence-corrected chi connectivity index (χ2v) is 5.62. The molecule has 0 unspecified atom stereocenters. The number of aliphatic hydroxyl groups excluding tert-OH is 1. The number of amides is 1. The second-order valence-electron chi connectivity index (χ2n) is 5.62. The first-order valence-corrected chi connectivity index (χ1v) is 7.52. The summed E-state index contributed by atoms with van der Waals surface area (Å²) in [6.45, 7) is 2.12. The van der Waals surface area contributed by atoms with E-state index < -0.39 is 30.1 Å².